The maximum absolute atomic E-state index is 10.9. The van der Waals surface area contributed by atoms with E-state index >= 15 is 0 Å². The number of nitrogens with two attached hydrogens (primary N) is 1. The van der Waals surface area contributed by atoms with Crippen molar-refractivity contribution in [1.82, 2.24) is 15.3 Å². The number of rotatable bonds is 4. The Bertz CT molecular complexity index is 357. The van der Waals surface area contributed by atoms with E-state index in [1.165, 1.54) is 6.20 Å². The van der Waals surface area contributed by atoms with Crippen LogP contribution >= 0.6 is 11.6 Å². The van der Waals surface area contributed by atoms with Crippen molar-refractivity contribution in [3.63, 3.8) is 0 Å². The van der Waals surface area contributed by atoms with Crippen molar-refractivity contribution < 1.29 is 4.79 Å². The smallest absolute Gasteiger partial charge is 0.224 e. The van der Waals surface area contributed by atoms with Gasteiger partial charge in [-0.1, -0.05) is 0 Å². The average molecular weight is 230 g/mol. The van der Waals surface area contributed by atoms with Gasteiger partial charge in [0.2, 0.25) is 11.2 Å². The molecule has 7 heteroatoms. The van der Waals surface area contributed by atoms with Gasteiger partial charge in [0, 0.05) is 20.0 Å². The Morgan fingerprint density at radius 1 is 1.67 bits per heavy atom. The van der Waals surface area contributed by atoms with Gasteiger partial charge in [-0.05, 0) is 11.6 Å². The molecule has 1 aromatic rings. The Balaban J connectivity index is 2.50. The number of carbonyl (C=O) groups is 1. The molecule has 0 aliphatic rings. The number of hydrogen-bond donors (Lipinski definition) is 3. The van der Waals surface area contributed by atoms with Crippen molar-refractivity contribution in [2.75, 3.05) is 24.6 Å². The van der Waals surface area contributed by atoms with Crippen molar-refractivity contribution >= 4 is 29.0 Å². The van der Waals surface area contributed by atoms with Crippen LogP contribution in [0.2, 0.25) is 5.28 Å². The van der Waals surface area contributed by atoms with Crippen molar-refractivity contribution in [2.24, 2.45) is 0 Å². The van der Waals surface area contributed by atoms with E-state index in [9.17, 15) is 4.79 Å². The first-order valence-electron chi connectivity index (χ1n) is 4.36. The zero-order valence-electron chi connectivity index (χ0n) is 8.25. The van der Waals surface area contributed by atoms with Crippen LogP contribution in [0.5, 0.6) is 0 Å². The maximum Gasteiger partial charge on any atom is 0.224 e. The van der Waals surface area contributed by atoms with Gasteiger partial charge < -0.3 is 16.4 Å². The fourth-order valence-electron chi connectivity index (χ4n) is 0.931. The Labute approximate surface area is 92.2 Å². The van der Waals surface area contributed by atoms with Crippen LogP contribution in [-0.4, -0.2) is 29.5 Å². The molecule has 82 valence electrons. The van der Waals surface area contributed by atoms with Crippen LogP contribution in [0.3, 0.4) is 0 Å². The summed E-state index contributed by atoms with van der Waals surface area (Å²) in [7, 11) is 1.58. The quantitative estimate of drug-likeness (QED) is 0.644. The van der Waals surface area contributed by atoms with Gasteiger partial charge in [0.05, 0.1) is 11.9 Å². The largest absolute Gasteiger partial charge is 0.394 e. The Kier molecular flexibility index (Phi) is 4.11. The summed E-state index contributed by atoms with van der Waals surface area (Å²) in [5, 5.41) is 5.52. The number of halogens is 1. The molecule has 0 saturated carbocycles. The zero-order chi connectivity index (χ0) is 11.3. The van der Waals surface area contributed by atoms with E-state index in [0.717, 1.165) is 0 Å². The van der Waals surface area contributed by atoms with E-state index in [1.807, 2.05) is 0 Å². The van der Waals surface area contributed by atoms with E-state index in [4.69, 9.17) is 17.3 Å². The second kappa shape index (κ2) is 5.35. The third kappa shape index (κ3) is 3.59. The van der Waals surface area contributed by atoms with Gasteiger partial charge in [0.15, 0.2) is 5.82 Å². The molecular weight excluding hydrogens is 218 g/mol. The van der Waals surface area contributed by atoms with Crippen LogP contribution in [0.4, 0.5) is 11.5 Å². The minimum Gasteiger partial charge on any atom is -0.394 e. The minimum atomic E-state index is -0.0544. The van der Waals surface area contributed by atoms with Gasteiger partial charge in [-0.2, -0.15) is 4.98 Å². The molecule has 0 aliphatic heterocycles. The molecule has 1 rings (SSSR count). The van der Waals surface area contributed by atoms with Crippen LogP contribution in [-0.2, 0) is 4.79 Å². The highest BCUT2D eigenvalue weighted by molar-refractivity contribution is 6.28. The lowest BCUT2D eigenvalue weighted by Crippen LogP contribution is -2.21. The predicted molar refractivity (Wildman–Crippen MR) is 58.6 cm³/mol. The summed E-state index contributed by atoms with van der Waals surface area (Å²) in [4.78, 5) is 18.5. The Morgan fingerprint density at radius 2 is 2.40 bits per heavy atom. The highest BCUT2D eigenvalue weighted by atomic mass is 35.5. The molecule has 4 N–H and O–H groups in total. The Hall–Kier alpha value is -1.56. The van der Waals surface area contributed by atoms with E-state index in [1.54, 1.807) is 7.05 Å². The van der Waals surface area contributed by atoms with E-state index in [0.29, 0.717) is 24.5 Å². The number of hydrogen-bond acceptors (Lipinski definition) is 5. The number of carbonyl (C=O) groups excluding carboxylic acids is 1. The summed E-state index contributed by atoms with van der Waals surface area (Å²) in [6, 6.07) is 0. The number of nitrogens with one attached hydrogen (secondary N) is 2. The normalized spacial score (nSPS) is 9.73. The molecule has 0 spiro atoms. The van der Waals surface area contributed by atoms with Gasteiger partial charge in [0.1, 0.15) is 0 Å². The molecule has 0 fully saturated rings. The molecule has 15 heavy (non-hydrogen) atoms. The molecule has 6 nitrogen and oxygen atoms in total. The summed E-state index contributed by atoms with van der Waals surface area (Å²) in [6.45, 7) is 0.442. The molecule has 0 aliphatic carbocycles. The minimum absolute atomic E-state index is 0.0544. The summed E-state index contributed by atoms with van der Waals surface area (Å²) < 4.78 is 0. The van der Waals surface area contributed by atoms with E-state index < -0.39 is 0 Å². The van der Waals surface area contributed by atoms with E-state index in [2.05, 4.69) is 20.6 Å². The number of nitrogen functional groups attached to an aromatic ring is 1. The molecule has 1 aromatic heterocycles. The predicted octanol–water partition coefficient (Wildman–Crippen LogP) is 0.260. The monoisotopic (exact) mass is 229 g/mol. The third-order valence-corrected chi connectivity index (χ3v) is 1.89. The highest BCUT2D eigenvalue weighted by Crippen LogP contribution is 2.15. The van der Waals surface area contributed by atoms with Gasteiger partial charge in [-0.25, -0.2) is 4.98 Å². The van der Waals surface area contributed by atoms with Crippen LogP contribution in [0.1, 0.15) is 6.42 Å². The second-order valence-corrected chi connectivity index (χ2v) is 3.13. The van der Waals surface area contributed by atoms with Gasteiger partial charge in [-0.3, -0.25) is 4.79 Å². The number of nitrogens with zero attached hydrogens (tertiary/aromatic N) is 2. The molecular formula is C8H12ClN5O. The second-order valence-electron chi connectivity index (χ2n) is 2.79. The average Bonchev–Trinajstić information content (AvgIpc) is 2.23. The van der Waals surface area contributed by atoms with Crippen LogP contribution in [0.15, 0.2) is 6.20 Å². The summed E-state index contributed by atoms with van der Waals surface area (Å²) in [5.74, 6) is 0.389. The Morgan fingerprint density at radius 3 is 3.07 bits per heavy atom. The summed E-state index contributed by atoms with van der Waals surface area (Å²) in [5.41, 5.74) is 5.99. The van der Waals surface area contributed by atoms with Crippen molar-refractivity contribution in [2.45, 2.75) is 6.42 Å². The molecule has 1 amide bonds. The molecule has 0 saturated heterocycles. The lowest BCUT2D eigenvalue weighted by molar-refractivity contribution is -0.120. The fraction of sp³-hybridized carbons (Fsp3) is 0.375. The first-order chi connectivity index (χ1) is 7.13. The zero-order valence-corrected chi connectivity index (χ0v) is 9.01. The summed E-state index contributed by atoms with van der Waals surface area (Å²) >= 11 is 5.59. The van der Waals surface area contributed by atoms with Crippen molar-refractivity contribution in [3.8, 4) is 0 Å². The molecule has 0 unspecified atom stereocenters. The van der Waals surface area contributed by atoms with Gasteiger partial charge in [-0.15, -0.1) is 0 Å². The standard InChI is InChI=1S/C8H12ClN5O/c1-11-6(15)2-3-12-7-5(10)4-13-8(9)14-7/h4H,2-3,10H2,1H3,(H,11,15)(H,12,13,14). The lowest BCUT2D eigenvalue weighted by Gasteiger charge is -2.07. The van der Waals surface area contributed by atoms with Gasteiger partial charge in [0.25, 0.3) is 0 Å². The summed E-state index contributed by atoms with van der Waals surface area (Å²) in [6.07, 6.45) is 1.76. The molecule has 0 radical (unpaired) electrons. The van der Waals surface area contributed by atoms with Crippen molar-refractivity contribution in [1.29, 1.82) is 0 Å². The number of aromatic nitrogens is 2. The van der Waals surface area contributed by atoms with E-state index in [-0.39, 0.29) is 11.2 Å². The van der Waals surface area contributed by atoms with Crippen LogP contribution in [0.25, 0.3) is 0 Å². The highest BCUT2D eigenvalue weighted by Gasteiger charge is 2.03. The third-order valence-electron chi connectivity index (χ3n) is 1.71. The number of anilines is 2. The fourth-order valence-corrected chi connectivity index (χ4v) is 1.06. The lowest BCUT2D eigenvalue weighted by atomic mass is 10.4. The SMILES string of the molecule is CNC(=O)CCNc1nc(Cl)ncc1N. The first-order valence-corrected chi connectivity index (χ1v) is 4.73. The topological polar surface area (TPSA) is 92.9 Å². The molecule has 0 bridgehead atoms. The molecule has 1 heterocycles. The van der Waals surface area contributed by atoms with Crippen LogP contribution in [0, 0.1) is 0 Å². The first kappa shape index (κ1) is 11.5. The maximum atomic E-state index is 10.9. The number of amides is 1. The molecule has 0 atom stereocenters. The van der Waals surface area contributed by atoms with Gasteiger partial charge >= 0.3 is 0 Å². The van der Waals surface area contributed by atoms with Crippen molar-refractivity contribution in [3.05, 3.63) is 11.5 Å². The molecule has 0 aromatic carbocycles. The van der Waals surface area contributed by atoms with Crippen LogP contribution < -0.4 is 16.4 Å².